The highest BCUT2D eigenvalue weighted by atomic mass is 16.2. The third kappa shape index (κ3) is 2.64. The first-order valence-corrected chi connectivity index (χ1v) is 6.62. The number of rotatable bonds is 3. The Morgan fingerprint density at radius 1 is 1.18 bits per heavy atom. The van der Waals surface area contributed by atoms with Gasteiger partial charge in [-0.25, -0.2) is 0 Å². The van der Waals surface area contributed by atoms with E-state index in [9.17, 15) is 9.59 Å². The maximum Gasteiger partial charge on any atom is 0.263 e. The highest BCUT2D eigenvalue weighted by molar-refractivity contribution is 6.03. The van der Waals surface area contributed by atoms with Gasteiger partial charge in [0, 0.05) is 5.69 Å². The number of carbonyl (C=O) groups is 1. The van der Waals surface area contributed by atoms with Crippen molar-refractivity contribution in [1.29, 1.82) is 0 Å². The van der Waals surface area contributed by atoms with Gasteiger partial charge in [-0.2, -0.15) is 0 Å². The molecule has 22 heavy (non-hydrogen) atoms. The molecule has 2 N–H and O–H groups in total. The largest absolute Gasteiger partial charge is 0.326 e. The lowest BCUT2D eigenvalue weighted by molar-refractivity contribution is 0.102. The molecule has 7 nitrogen and oxygen atoms in total. The van der Waals surface area contributed by atoms with Gasteiger partial charge in [-0.3, -0.25) is 19.5 Å². The third-order valence-electron chi connectivity index (χ3n) is 3.11. The second-order valence-corrected chi connectivity index (χ2v) is 4.70. The number of benzene rings is 1. The minimum Gasteiger partial charge on any atom is -0.326 e. The van der Waals surface area contributed by atoms with E-state index in [-0.39, 0.29) is 11.5 Å². The van der Waals surface area contributed by atoms with Crippen molar-refractivity contribution in [2.75, 3.05) is 5.32 Å². The SMILES string of the molecule is Cc1ccc(C(=O)Nc2nncn2-c2ccccc2)c(=O)[nH]1. The molecule has 0 unspecified atom stereocenters. The fourth-order valence-electron chi connectivity index (χ4n) is 2.02. The molecule has 7 heteroatoms. The summed E-state index contributed by atoms with van der Waals surface area (Å²) in [7, 11) is 0. The molecular weight excluding hydrogens is 282 g/mol. The van der Waals surface area contributed by atoms with E-state index in [2.05, 4.69) is 20.5 Å². The van der Waals surface area contributed by atoms with Crippen LogP contribution in [0.2, 0.25) is 0 Å². The number of hydrogen-bond donors (Lipinski definition) is 2. The van der Waals surface area contributed by atoms with E-state index in [1.165, 1.54) is 12.4 Å². The van der Waals surface area contributed by atoms with Crippen LogP contribution in [-0.4, -0.2) is 25.7 Å². The Bertz CT molecular complexity index is 867. The number of nitrogens with zero attached hydrogens (tertiary/aromatic N) is 3. The minimum absolute atomic E-state index is 0.0215. The van der Waals surface area contributed by atoms with E-state index >= 15 is 0 Å². The normalized spacial score (nSPS) is 10.4. The van der Waals surface area contributed by atoms with E-state index in [1.807, 2.05) is 30.3 Å². The van der Waals surface area contributed by atoms with Crippen LogP contribution in [0.4, 0.5) is 5.95 Å². The first-order chi connectivity index (χ1) is 10.6. The van der Waals surface area contributed by atoms with Gasteiger partial charge in [0.15, 0.2) is 0 Å². The zero-order chi connectivity index (χ0) is 15.5. The van der Waals surface area contributed by atoms with Gasteiger partial charge in [0.05, 0.1) is 5.69 Å². The fourth-order valence-corrected chi connectivity index (χ4v) is 2.02. The van der Waals surface area contributed by atoms with Crippen LogP contribution in [0.3, 0.4) is 0 Å². The number of aromatic amines is 1. The lowest BCUT2D eigenvalue weighted by Crippen LogP contribution is -2.24. The van der Waals surface area contributed by atoms with E-state index < -0.39 is 11.5 Å². The van der Waals surface area contributed by atoms with Gasteiger partial charge in [0.1, 0.15) is 11.9 Å². The van der Waals surface area contributed by atoms with Crippen LogP contribution in [0.5, 0.6) is 0 Å². The minimum atomic E-state index is -0.536. The van der Waals surface area contributed by atoms with Crippen LogP contribution in [0, 0.1) is 6.92 Å². The van der Waals surface area contributed by atoms with Crippen molar-refractivity contribution in [3.8, 4) is 5.69 Å². The van der Waals surface area contributed by atoms with Crippen LogP contribution < -0.4 is 10.9 Å². The van der Waals surface area contributed by atoms with Gasteiger partial charge in [0.25, 0.3) is 11.5 Å². The quantitative estimate of drug-likeness (QED) is 0.766. The number of nitrogens with one attached hydrogen (secondary N) is 2. The highest BCUT2D eigenvalue weighted by Gasteiger charge is 2.14. The number of anilines is 1. The van der Waals surface area contributed by atoms with Crippen molar-refractivity contribution in [1.82, 2.24) is 19.7 Å². The lowest BCUT2D eigenvalue weighted by Gasteiger charge is -2.07. The summed E-state index contributed by atoms with van der Waals surface area (Å²) < 4.78 is 1.63. The molecule has 2 heterocycles. The number of amides is 1. The van der Waals surface area contributed by atoms with Gasteiger partial charge in [-0.05, 0) is 31.2 Å². The van der Waals surface area contributed by atoms with Crippen molar-refractivity contribution in [3.05, 3.63) is 70.4 Å². The summed E-state index contributed by atoms with van der Waals surface area (Å²) in [4.78, 5) is 26.6. The summed E-state index contributed by atoms with van der Waals surface area (Å²) in [5.74, 6) is -0.289. The van der Waals surface area contributed by atoms with Crippen molar-refractivity contribution >= 4 is 11.9 Å². The first kappa shape index (κ1) is 13.7. The Hall–Kier alpha value is -3.22. The molecule has 0 aliphatic rings. The molecule has 1 aromatic carbocycles. The number of pyridine rings is 1. The number of para-hydroxylation sites is 1. The zero-order valence-corrected chi connectivity index (χ0v) is 11.8. The van der Waals surface area contributed by atoms with E-state index in [4.69, 9.17) is 0 Å². The molecule has 0 saturated heterocycles. The fraction of sp³-hybridized carbons (Fsp3) is 0.0667. The van der Waals surface area contributed by atoms with Crippen molar-refractivity contribution in [3.63, 3.8) is 0 Å². The molecule has 3 aromatic rings. The topological polar surface area (TPSA) is 92.7 Å². The molecule has 0 aliphatic heterocycles. The third-order valence-corrected chi connectivity index (χ3v) is 3.11. The number of carbonyl (C=O) groups excluding carboxylic acids is 1. The van der Waals surface area contributed by atoms with Gasteiger partial charge >= 0.3 is 0 Å². The summed E-state index contributed by atoms with van der Waals surface area (Å²) >= 11 is 0. The lowest BCUT2D eigenvalue weighted by atomic mass is 10.2. The van der Waals surface area contributed by atoms with Crippen LogP contribution in [0.1, 0.15) is 16.1 Å². The number of H-pyrrole nitrogens is 1. The number of aryl methyl sites for hydroxylation is 1. The Labute approximate surface area is 125 Å². The second kappa shape index (κ2) is 5.65. The maximum absolute atomic E-state index is 12.2. The molecule has 0 spiro atoms. The predicted octanol–water partition coefficient (Wildman–Crippen LogP) is 1.52. The molecule has 3 rings (SSSR count). The van der Waals surface area contributed by atoms with E-state index in [0.29, 0.717) is 5.69 Å². The van der Waals surface area contributed by atoms with Gasteiger partial charge in [0.2, 0.25) is 5.95 Å². The van der Waals surface area contributed by atoms with E-state index in [1.54, 1.807) is 17.6 Å². The Morgan fingerprint density at radius 2 is 1.95 bits per heavy atom. The highest BCUT2D eigenvalue weighted by Crippen LogP contribution is 2.13. The molecule has 0 atom stereocenters. The summed E-state index contributed by atoms with van der Waals surface area (Å²) in [5, 5.41) is 10.3. The van der Waals surface area contributed by atoms with Crippen LogP contribution in [0.25, 0.3) is 5.69 Å². The number of hydrogen-bond acceptors (Lipinski definition) is 4. The average molecular weight is 295 g/mol. The van der Waals surface area contributed by atoms with Crippen molar-refractivity contribution in [2.24, 2.45) is 0 Å². The molecule has 0 saturated carbocycles. The van der Waals surface area contributed by atoms with Gasteiger partial charge < -0.3 is 4.98 Å². The standard InChI is InChI=1S/C15H13N5O2/c1-10-7-8-12(13(21)17-10)14(22)18-15-19-16-9-20(15)11-5-3-2-4-6-11/h2-9H,1H3,(H,17,21)(H,18,19,22). The van der Waals surface area contributed by atoms with Crippen molar-refractivity contribution in [2.45, 2.75) is 6.92 Å². The molecule has 0 fully saturated rings. The van der Waals surface area contributed by atoms with Crippen LogP contribution in [-0.2, 0) is 0 Å². The van der Waals surface area contributed by atoms with Crippen LogP contribution in [0.15, 0.2) is 53.6 Å². The summed E-state index contributed by atoms with van der Waals surface area (Å²) in [6.07, 6.45) is 1.49. The molecule has 1 amide bonds. The Balaban J connectivity index is 1.90. The number of aromatic nitrogens is 4. The Kier molecular flexibility index (Phi) is 3.53. The van der Waals surface area contributed by atoms with Gasteiger partial charge in [-0.15, -0.1) is 10.2 Å². The second-order valence-electron chi connectivity index (χ2n) is 4.70. The average Bonchev–Trinajstić information content (AvgIpc) is 2.96. The molecule has 0 radical (unpaired) electrons. The van der Waals surface area contributed by atoms with Crippen LogP contribution >= 0.6 is 0 Å². The predicted molar refractivity (Wildman–Crippen MR) is 81.1 cm³/mol. The zero-order valence-electron chi connectivity index (χ0n) is 11.8. The Morgan fingerprint density at radius 3 is 2.68 bits per heavy atom. The smallest absolute Gasteiger partial charge is 0.263 e. The summed E-state index contributed by atoms with van der Waals surface area (Å²) in [6, 6.07) is 12.5. The molecule has 110 valence electrons. The monoisotopic (exact) mass is 295 g/mol. The van der Waals surface area contributed by atoms with Crippen molar-refractivity contribution < 1.29 is 4.79 Å². The molecule has 0 aliphatic carbocycles. The molecule has 0 bridgehead atoms. The summed E-state index contributed by atoms with van der Waals surface area (Å²) in [6.45, 7) is 1.75. The maximum atomic E-state index is 12.2. The first-order valence-electron chi connectivity index (χ1n) is 6.62. The van der Waals surface area contributed by atoms with E-state index in [0.717, 1.165) is 5.69 Å². The molecule has 2 aromatic heterocycles. The molecular formula is C15H13N5O2. The van der Waals surface area contributed by atoms with Gasteiger partial charge in [-0.1, -0.05) is 18.2 Å². The summed E-state index contributed by atoms with van der Waals surface area (Å²) in [5.41, 5.74) is 1.08.